The highest BCUT2D eigenvalue weighted by molar-refractivity contribution is 5.75. The summed E-state index contributed by atoms with van der Waals surface area (Å²) in [5.74, 6) is 0. The molecule has 0 saturated heterocycles. The largest absolute Gasteiger partial charge is 0.321 e. The molecule has 0 bridgehead atoms. The molecule has 0 atom stereocenters. The lowest BCUT2D eigenvalue weighted by atomic mass is 10.1. The highest BCUT2D eigenvalue weighted by atomic mass is 16.1. The average molecular weight is 315 g/mol. The number of pyridine rings is 2. The summed E-state index contributed by atoms with van der Waals surface area (Å²) >= 11 is 0. The van der Waals surface area contributed by atoms with E-state index in [1.54, 1.807) is 10.9 Å². The zero-order valence-electron chi connectivity index (χ0n) is 14.5. The normalized spacial score (nSPS) is 11.0. The van der Waals surface area contributed by atoms with E-state index in [4.69, 9.17) is 0 Å². The molecule has 23 heavy (non-hydrogen) atoms. The second-order valence-corrected chi connectivity index (χ2v) is 6.15. The topological polar surface area (TPSA) is 46.9 Å². The highest BCUT2D eigenvalue weighted by Crippen LogP contribution is 2.11. The summed E-state index contributed by atoms with van der Waals surface area (Å²) in [5, 5.41) is 1.02. The van der Waals surface area contributed by atoms with Crippen molar-refractivity contribution in [3.63, 3.8) is 0 Å². The number of hydrogen-bond acceptors (Lipinski definition) is 3. The van der Waals surface area contributed by atoms with Crippen LogP contribution in [0.3, 0.4) is 0 Å². The fourth-order valence-corrected chi connectivity index (χ4v) is 2.89. The molecule has 0 aliphatic rings. The number of hydrogen-bond donors (Lipinski definition) is 1. The number of aromatic nitrogens is 2. The monoisotopic (exact) mass is 315 g/mol. The second-order valence-electron chi connectivity index (χ2n) is 6.15. The lowest BCUT2D eigenvalue weighted by molar-refractivity contribution is 0.607. The molecule has 0 fully saturated rings. The summed E-state index contributed by atoms with van der Waals surface area (Å²) in [6.07, 6.45) is 11.0. The molecule has 0 aliphatic carbocycles. The van der Waals surface area contributed by atoms with Crippen LogP contribution >= 0.6 is 0 Å². The van der Waals surface area contributed by atoms with Gasteiger partial charge in [-0.05, 0) is 31.0 Å². The molecule has 0 amide bonds. The molecule has 126 valence electrons. The summed E-state index contributed by atoms with van der Waals surface area (Å²) in [5.41, 5.74) is 4.92. The number of fused-ring (bicyclic) bond motifs is 1. The van der Waals surface area contributed by atoms with E-state index in [9.17, 15) is 4.79 Å². The molecule has 2 heterocycles. The van der Waals surface area contributed by atoms with Crippen LogP contribution in [0.4, 0.5) is 0 Å². The first kappa shape index (κ1) is 17.5. The Morgan fingerprint density at radius 3 is 2.65 bits per heavy atom. The van der Waals surface area contributed by atoms with Gasteiger partial charge in [0.1, 0.15) is 0 Å². The van der Waals surface area contributed by atoms with Crippen LogP contribution in [0.2, 0.25) is 0 Å². The first-order valence-corrected chi connectivity index (χ1v) is 9.01. The Bertz CT molecular complexity index is 663. The van der Waals surface area contributed by atoms with Crippen molar-refractivity contribution in [3.8, 4) is 0 Å². The van der Waals surface area contributed by atoms with Crippen LogP contribution in [0.15, 0.2) is 29.2 Å². The van der Waals surface area contributed by atoms with Gasteiger partial charge in [0.25, 0.3) is 5.56 Å². The Morgan fingerprint density at radius 1 is 1.09 bits per heavy atom. The zero-order valence-corrected chi connectivity index (χ0v) is 14.5. The molecule has 0 radical (unpaired) electrons. The van der Waals surface area contributed by atoms with Crippen LogP contribution in [-0.4, -0.2) is 16.2 Å². The van der Waals surface area contributed by atoms with Crippen LogP contribution in [0.1, 0.15) is 64.4 Å². The highest BCUT2D eigenvalue weighted by Gasteiger charge is 2.09. The lowest BCUT2D eigenvalue weighted by Gasteiger charge is -2.14. The van der Waals surface area contributed by atoms with Gasteiger partial charge in [-0.1, -0.05) is 52.4 Å². The minimum atomic E-state index is 0.0454. The molecule has 4 heteroatoms. The summed E-state index contributed by atoms with van der Waals surface area (Å²) in [4.78, 5) is 17.0. The van der Waals surface area contributed by atoms with Gasteiger partial charge in [0, 0.05) is 23.7 Å². The second kappa shape index (κ2) is 9.33. The fourth-order valence-electron chi connectivity index (χ4n) is 2.89. The number of nitrogens with zero attached hydrogens (tertiary/aromatic N) is 2. The zero-order chi connectivity index (χ0) is 16.5. The molecule has 0 aliphatic heterocycles. The van der Waals surface area contributed by atoms with Gasteiger partial charge in [-0.15, -0.1) is 0 Å². The molecule has 0 unspecified atom stereocenters. The summed E-state index contributed by atoms with van der Waals surface area (Å²) in [7, 11) is 0. The first-order valence-electron chi connectivity index (χ1n) is 9.01. The first-order chi connectivity index (χ1) is 11.3. The van der Waals surface area contributed by atoms with Crippen LogP contribution in [0.25, 0.3) is 11.0 Å². The summed E-state index contributed by atoms with van der Waals surface area (Å²) in [6.45, 7) is 5.14. The van der Waals surface area contributed by atoms with Gasteiger partial charge in [-0.25, -0.2) is 9.66 Å². The summed E-state index contributed by atoms with van der Waals surface area (Å²) in [6, 6.07) is 5.92. The molecular formula is C19H29N3O. The van der Waals surface area contributed by atoms with Crippen molar-refractivity contribution in [1.29, 1.82) is 0 Å². The van der Waals surface area contributed by atoms with Gasteiger partial charge in [0.15, 0.2) is 5.65 Å². The Balaban J connectivity index is 2.06. The van der Waals surface area contributed by atoms with Gasteiger partial charge < -0.3 is 5.43 Å². The van der Waals surface area contributed by atoms with E-state index in [2.05, 4.69) is 24.3 Å². The summed E-state index contributed by atoms with van der Waals surface area (Å²) < 4.78 is 1.65. The SMILES string of the molecule is CCCCCCCCNn1c(=O)c(CCC)cc2cccnc21. The van der Waals surface area contributed by atoms with Crippen molar-refractivity contribution in [2.45, 2.75) is 65.2 Å². The number of unbranched alkanes of at least 4 members (excludes halogenated alkanes) is 5. The molecule has 4 nitrogen and oxygen atoms in total. The van der Waals surface area contributed by atoms with Crippen molar-refractivity contribution >= 4 is 11.0 Å². The predicted molar refractivity (Wildman–Crippen MR) is 97.6 cm³/mol. The number of nitrogens with one attached hydrogen (secondary N) is 1. The quantitative estimate of drug-likeness (QED) is 0.667. The van der Waals surface area contributed by atoms with Gasteiger partial charge in [-0.2, -0.15) is 0 Å². The van der Waals surface area contributed by atoms with Crippen LogP contribution in [0, 0.1) is 0 Å². The van der Waals surface area contributed by atoms with E-state index in [1.807, 2.05) is 18.2 Å². The van der Waals surface area contributed by atoms with Crippen LogP contribution in [0.5, 0.6) is 0 Å². The Hall–Kier alpha value is -1.84. The van der Waals surface area contributed by atoms with Crippen LogP contribution in [-0.2, 0) is 6.42 Å². The maximum Gasteiger partial charge on any atom is 0.274 e. The molecule has 2 aromatic heterocycles. The number of aryl methyl sites for hydroxylation is 1. The third kappa shape index (κ3) is 4.81. The Morgan fingerprint density at radius 2 is 1.87 bits per heavy atom. The van der Waals surface area contributed by atoms with E-state index >= 15 is 0 Å². The van der Waals surface area contributed by atoms with E-state index in [1.165, 1.54) is 32.1 Å². The van der Waals surface area contributed by atoms with Gasteiger partial charge in [0.2, 0.25) is 0 Å². The van der Waals surface area contributed by atoms with Crippen molar-refractivity contribution in [2.24, 2.45) is 0 Å². The number of rotatable bonds is 10. The van der Waals surface area contributed by atoms with E-state index < -0.39 is 0 Å². The molecule has 0 saturated carbocycles. The molecule has 2 aromatic rings. The fraction of sp³-hybridized carbons (Fsp3) is 0.579. The van der Waals surface area contributed by atoms with Crippen molar-refractivity contribution in [1.82, 2.24) is 9.66 Å². The van der Waals surface area contributed by atoms with Crippen molar-refractivity contribution in [2.75, 3.05) is 12.0 Å². The molecule has 0 aromatic carbocycles. The van der Waals surface area contributed by atoms with E-state index in [0.717, 1.165) is 42.4 Å². The molecular weight excluding hydrogens is 286 g/mol. The minimum absolute atomic E-state index is 0.0454. The predicted octanol–water partition coefficient (Wildman–Crippen LogP) is 4.25. The van der Waals surface area contributed by atoms with E-state index in [-0.39, 0.29) is 5.56 Å². The maximum absolute atomic E-state index is 12.6. The Kier molecular flexibility index (Phi) is 7.11. The smallest absolute Gasteiger partial charge is 0.274 e. The van der Waals surface area contributed by atoms with Gasteiger partial charge >= 0.3 is 0 Å². The molecule has 1 N–H and O–H groups in total. The van der Waals surface area contributed by atoms with Crippen LogP contribution < -0.4 is 11.0 Å². The average Bonchev–Trinajstić information content (AvgIpc) is 2.57. The third-order valence-corrected chi connectivity index (χ3v) is 4.16. The van der Waals surface area contributed by atoms with Crippen molar-refractivity contribution in [3.05, 3.63) is 40.3 Å². The van der Waals surface area contributed by atoms with Gasteiger partial charge in [-0.3, -0.25) is 4.79 Å². The third-order valence-electron chi connectivity index (χ3n) is 4.16. The lowest BCUT2D eigenvalue weighted by Crippen LogP contribution is -2.32. The molecule has 2 rings (SSSR count). The molecule has 0 spiro atoms. The van der Waals surface area contributed by atoms with Crippen molar-refractivity contribution < 1.29 is 0 Å². The standard InChI is InChI=1S/C19H29N3O/c1-3-5-6-7-8-9-14-21-22-18-16(12-10-13-20-18)15-17(11-4-2)19(22)23/h10,12-13,15,21H,3-9,11,14H2,1-2H3. The minimum Gasteiger partial charge on any atom is -0.321 e. The van der Waals surface area contributed by atoms with Gasteiger partial charge in [0.05, 0.1) is 0 Å². The Labute approximate surface area is 138 Å². The van der Waals surface area contributed by atoms with E-state index in [0.29, 0.717) is 0 Å². The maximum atomic E-state index is 12.6.